The van der Waals surface area contributed by atoms with Crippen LogP contribution in [0.15, 0.2) is 23.1 Å². The molecule has 0 saturated carbocycles. The summed E-state index contributed by atoms with van der Waals surface area (Å²) in [5.74, 6) is 0.794. The fraction of sp³-hybridized carbons (Fsp3) is 0.222. The molecule has 0 amide bonds. The van der Waals surface area contributed by atoms with E-state index in [4.69, 9.17) is 4.52 Å². The lowest BCUT2D eigenvalue weighted by atomic mass is 10.4. The van der Waals surface area contributed by atoms with Crippen LogP contribution >= 0.6 is 0 Å². The van der Waals surface area contributed by atoms with Gasteiger partial charge in [-0.1, -0.05) is 5.16 Å². The number of aromatic nitrogens is 3. The Morgan fingerprint density at radius 2 is 2.40 bits per heavy atom. The van der Waals surface area contributed by atoms with Crippen molar-refractivity contribution in [3.63, 3.8) is 0 Å². The van der Waals surface area contributed by atoms with Crippen molar-refractivity contribution in [1.29, 1.82) is 0 Å². The predicted molar refractivity (Wildman–Crippen MR) is 49.7 cm³/mol. The first-order valence-corrected chi connectivity index (χ1v) is 4.26. The molecular weight excluding hydrogens is 198 g/mol. The Labute approximate surface area is 85.5 Å². The molecule has 2 aromatic heterocycles. The van der Waals surface area contributed by atoms with Crippen molar-refractivity contribution in [2.24, 2.45) is 0 Å². The molecule has 0 aromatic carbocycles. The molecule has 0 radical (unpaired) electrons. The third kappa shape index (κ3) is 1.74. The first-order valence-electron chi connectivity index (χ1n) is 4.26. The maximum atomic E-state index is 11.1. The summed E-state index contributed by atoms with van der Waals surface area (Å²) >= 11 is 0. The summed E-state index contributed by atoms with van der Waals surface area (Å²) in [5.41, 5.74) is 0.234. The number of nitrogens with zero attached hydrogens (tertiary/aromatic N) is 3. The van der Waals surface area contributed by atoms with E-state index < -0.39 is 5.97 Å². The third-order valence-corrected chi connectivity index (χ3v) is 1.86. The van der Waals surface area contributed by atoms with Crippen LogP contribution < -0.4 is 0 Å². The number of methoxy groups -OCH3 is 1. The Morgan fingerprint density at radius 1 is 1.60 bits per heavy atom. The number of aryl methyl sites for hydroxylation is 1. The number of carbonyl (C=O) groups is 1. The van der Waals surface area contributed by atoms with E-state index in [1.807, 2.05) is 0 Å². The first kappa shape index (κ1) is 9.45. The number of rotatable bonds is 2. The molecule has 0 saturated heterocycles. The molecule has 0 spiro atoms. The second-order valence-electron chi connectivity index (χ2n) is 2.95. The van der Waals surface area contributed by atoms with E-state index in [9.17, 15) is 4.79 Å². The van der Waals surface area contributed by atoms with Gasteiger partial charge >= 0.3 is 5.97 Å². The second kappa shape index (κ2) is 3.56. The van der Waals surface area contributed by atoms with Crippen LogP contribution in [-0.2, 0) is 4.74 Å². The van der Waals surface area contributed by atoms with E-state index in [1.165, 1.54) is 19.6 Å². The average molecular weight is 207 g/mol. The summed E-state index contributed by atoms with van der Waals surface area (Å²) < 4.78 is 11.0. The van der Waals surface area contributed by atoms with Crippen molar-refractivity contribution in [2.75, 3.05) is 7.11 Å². The summed E-state index contributed by atoms with van der Waals surface area (Å²) in [5, 5.41) is 3.78. The number of imidazole rings is 1. The summed E-state index contributed by atoms with van der Waals surface area (Å²) in [6, 6.07) is 1.74. The van der Waals surface area contributed by atoms with Crippen LogP contribution in [0.1, 0.15) is 16.2 Å². The number of hydrogen-bond donors (Lipinski definition) is 0. The summed E-state index contributed by atoms with van der Waals surface area (Å²) in [7, 11) is 1.31. The molecule has 0 aliphatic heterocycles. The highest BCUT2D eigenvalue weighted by molar-refractivity contribution is 5.86. The van der Waals surface area contributed by atoms with E-state index in [-0.39, 0.29) is 5.69 Å². The van der Waals surface area contributed by atoms with Crippen LogP contribution in [-0.4, -0.2) is 27.8 Å². The van der Waals surface area contributed by atoms with Gasteiger partial charge in [0.05, 0.1) is 7.11 Å². The number of ether oxygens (including phenoxy) is 1. The minimum Gasteiger partial charge on any atom is -0.464 e. The van der Waals surface area contributed by atoms with E-state index in [2.05, 4.69) is 14.9 Å². The monoisotopic (exact) mass is 207 g/mol. The second-order valence-corrected chi connectivity index (χ2v) is 2.95. The van der Waals surface area contributed by atoms with Gasteiger partial charge in [-0.05, 0) is 6.92 Å². The standard InChI is InChI=1S/C9H9N3O3/c1-6-3-8(11-15-6)12-4-7(10-5-12)9(13)14-2/h3-5H,1-2H3. The van der Waals surface area contributed by atoms with Crippen molar-refractivity contribution >= 4 is 5.97 Å². The van der Waals surface area contributed by atoms with Crippen LogP contribution in [0, 0.1) is 6.92 Å². The molecule has 0 N–H and O–H groups in total. The molecule has 6 nitrogen and oxygen atoms in total. The fourth-order valence-corrected chi connectivity index (χ4v) is 1.13. The Hall–Kier alpha value is -2.11. The van der Waals surface area contributed by atoms with Crippen molar-refractivity contribution in [2.45, 2.75) is 6.92 Å². The molecule has 0 unspecified atom stereocenters. The zero-order valence-electron chi connectivity index (χ0n) is 8.30. The van der Waals surface area contributed by atoms with Gasteiger partial charge in [0.2, 0.25) is 0 Å². The largest absolute Gasteiger partial charge is 0.464 e. The highest BCUT2D eigenvalue weighted by Gasteiger charge is 2.11. The highest BCUT2D eigenvalue weighted by Crippen LogP contribution is 2.09. The topological polar surface area (TPSA) is 70.2 Å². The van der Waals surface area contributed by atoms with Gasteiger partial charge < -0.3 is 9.26 Å². The smallest absolute Gasteiger partial charge is 0.358 e. The van der Waals surface area contributed by atoms with Gasteiger partial charge in [0.1, 0.15) is 12.1 Å². The minimum absolute atomic E-state index is 0.234. The molecule has 78 valence electrons. The lowest BCUT2D eigenvalue weighted by Crippen LogP contribution is -2.01. The predicted octanol–water partition coefficient (Wildman–Crippen LogP) is 0.955. The summed E-state index contributed by atoms with van der Waals surface area (Å²) in [6.07, 6.45) is 3.01. The van der Waals surface area contributed by atoms with Gasteiger partial charge in [0.15, 0.2) is 11.5 Å². The van der Waals surface area contributed by atoms with Gasteiger partial charge in [0, 0.05) is 12.3 Å². The normalized spacial score (nSPS) is 10.3. The van der Waals surface area contributed by atoms with Crippen LogP contribution in [0.5, 0.6) is 0 Å². The van der Waals surface area contributed by atoms with Gasteiger partial charge in [-0.25, -0.2) is 9.78 Å². The van der Waals surface area contributed by atoms with Gasteiger partial charge in [0.25, 0.3) is 0 Å². The minimum atomic E-state index is -0.478. The Balaban J connectivity index is 2.31. The van der Waals surface area contributed by atoms with Crippen LogP contribution in [0.4, 0.5) is 0 Å². The Morgan fingerprint density at radius 3 is 3.00 bits per heavy atom. The first-order chi connectivity index (χ1) is 7.20. The van der Waals surface area contributed by atoms with Gasteiger partial charge in [-0.15, -0.1) is 0 Å². The molecule has 0 aliphatic carbocycles. The maximum Gasteiger partial charge on any atom is 0.358 e. The molecule has 2 rings (SSSR count). The molecule has 6 heteroatoms. The van der Waals surface area contributed by atoms with Crippen molar-refractivity contribution < 1.29 is 14.1 Å². The molecule has 2 aromatic rings. The molecule has 0 aliphatic rings. The van der Waals surface area contributed by atoms with E-state index >= 15 is 0 Å². The number of esters is 1. The quantitative estimate of drug-likeness (QED) is 0.686. The molecule has 15 heavy (non-hydrogen) atoms. The molecular formula is C9H9N3O3. The van der Waals surface area contributed by atoms with Gasteiger partial charge in [-0.3, -0.25) is 4.57 Å². The van der Waals surface area contributed by atoms with Crippen LogP contribution in [0.25, 0.3) is 5.82 Å². The fourth-order valence-electron chi connectivity index (χ4n) is 1.13. The number of hydrogen-bond acceptors (Lipinski definition) is 5. The molecule has 0 atom stereocenters. The molecule has 2 heterocycles. The lowest BCUT2D eigenvalue weighted by molar-refractivity contribution is 0.0594. The Kier molecular flexibility index (Phi) is 2.24. The van der Waals surface area contributed by atoms with Crippen LogP contribution in [0.2, 0.25) is 0 Å². The zero-order valence-corrected chi connectivity index (χ0v) is 8.30. The highest BCUT2D eigenvalue weighted by atomic mass is 16.5. The zero-order chi connectivity index (χ0) is 10.8. The van der Waals surface area contributed by atoms with Crippen molar-refractivity contribution in [3.8, 4) is 5.82 Å². The summed E-state index contributed by atoms with van der Waals surface area (Å²) in [6.45, 7) is 1.79. The molecule has 0 bridgehead atoms. The third-order valence-electron chi connectivity index (χ3n) is 1.86. The molecule has 0 fully saturated rings. The van der Waals surface area contributed by atoms with Gasteiger partial charge in [-0.2, -0.15) is 0 Å². The van der Waals surface area contributed by atoms with Crippen molar-refractivity contribution in [1.82, 2.24) is 14.7 Å². The SMILES string of the molecule is COC(=O)c1cn(-c2cc(C)on2)cn1. The van der Waals surface area contributed by atoms with E-state index in [0.717, 1.165) is 0 Å². The lowest BCUT2D eigenvalue weighted by Gasteiger charge is -1.92. The van der Waals surface area contributed by atoms with E-state index in [1.54, 1.807) is 17.6 Å². The number of carbonyl (C=O) groups excluding carboxylic acids is 1. The summed E-state index contributed by atoms with van der Waals surface area (Å²) in [4.78, 5) is 15.0. The van der Waals surface area contributed by atoms with Crippen LogP contribution in [0.3, 0.4) is 0 Å². The maximum absolute atomic E-state index is 11.1. The van der Waals surface area contributed by atoms with E-state index in [0.29, 0.717) is 11.6 Å². The van der Waals surface area contributed by atoms with Crippen molar-refractivity contribution in [3.05, 3.63) is 30.0 Å². The average Bonchev–Trinajstić information content (AvgIpc) is 2.84. The Bertz CT molecular complexity index is 486.